The second-order valence-corrected chi connectivity index (χ2v) is 4.38. The molecule has 3 rings (SSSR count). The molecule has 6 heteroatoms. The Hall–Kier alpha value is -2.50. The average molecular weight is 275 g/mol. The van der Waals surface area contributed by atoms with Gasteiger partial charge in [-0.3, -0.25) is 9.36 Å². The van der Waals surface area contributed by atoms with Gasteiger partial charge in [-0.15, -0.1) is 0 Å². The van der Waals surface area contributed by atoms with E-state index in [4.69, 9.17) is 0 Å². The average Bonchev–Trinajstić information content (AvgIpc) is 3.04. The first-order chi connectivity index (χ1) is 9.70. The zero-order valence-electron chi connectivity index (χ0n) is 10.4. The molecular formula is C14H11F2N3O. The van der Waals surface area contributed by atoms with Crippen molar-refractivity contribution < 1.29 is 13.6 Å². The van der Waals surface area contributed by atoms with Crippen LogP contribution < -0.4 is 0 Å². The number of nitrogens with zero attached hydrogens (tertiary/aromatic N) is 3. The number of rotatable bonds is 4. The molecule has 0 aliphatic heterocycles. The highest BCUT2D eigenvalue weighted by atomic mass is 19.3. The van der Waals surface area contributed by atoms with Crippen molar-refractivity contribution in [2.45, 2.75) is 13.1 Å². The summed E-state index contributed by atoms with van der Waals surface area (Å²) in [6.07, 6.45) is 5.00. The Morgan fingerprint density at radius 2 is 2.10 bits per heavy atom. The fourth-order valence-electron chi connectivity index (χ4n) is 2.30. The molecule has 0 amide bonds. The van der Waals surface area contributed by atoms with Crippen LogP contribution in [0.5, 0.6) is 0 Å². The van der Waals surface area contributed by atoms with Crippen molar-refractivity contribution in [1.29, 1.82) is 0 Å². The molecular weight excluding hydrogens is 264 g/mol. The molecule has 0 saturated carbocycles. The quantitative estimate of drug-likeness (QED) is 0.686. The molecule has 2 aromatic heterocycles. The number of benzene rings is 1. The maximum Gasteiger partial charge on any atom is 0.319 e. The van der Waals surface area contributed by atoms with Gasteiger partial charge in [0.05, 0.1) is 6.54 Å². The Kier molecular flexibility index (Phi) is 3.06. The number of aldehydes is 1. The van der Waals surface area contributed by atoms with Gasteiger partial charge in [0.2, 0.25) is 0 Å². The van der Waals surface area contributed by atoms with Crippen LogP contribution in [0.25, 0.3) is 10.9 Å². The highest BCUT2D eigenvalue weighted by Crippen LogP contribution is 2.21. The first-order valence-corrected chi connectivity index (χ1v) is 6.03. The Morgan fingerprint density at radius 1 is 1.30 bits per heavy atom. The Balaban J connectivity index is 2.07. The number of halogens is 2. The first kappa shape index (κ1) is 12.5. The lowest BCUT2D eigenvalue weighted by atomic mass is 10.2. The minimum absolute atomic E-state index is 0.186. The number of hydrogen-bond donors (Lipinski definition) is 0. The summed E-state index contributed by atoms with van der Waals surface area (Å²) in [5, 5.41) is 0.803. The molecule has 20 heavy (non-hydrogen) atoms. The highest BCUT2D eigenvalue weighted by Gasteiger charge is 2.14. The fraction of sp³-hybridized carbons (Fsp3) is 0.143. The number of carbonyl (C=O) groups excluding carboxylic acids is 1. The van der Waals surface area contributed by atoms with Gasteiger partial charge in [0, 0.05) is 35.1 Å². The van der Waals surface area contributed by atoms with Crippen molar-refractivity contribution in [2.24, 2.45) is 0 Å². The van der Waals surface area contributed by atoms with Gasteiger partial charge in [0.25, 0.3) is 0 Å². The molecule has 102 valence electrons. The summed E-state index contributed by atoms with van der Waals surface area (Å²) in [5.74, 6) is 0.248. The van der Waals surface area contributed by atoms with Crippen molar-refractivity contribution in [2.75, 3.05) is 0 Å². The van der Waals surface area contributed by atoms with E-state index in [1.54, 1.807) is 10.8 Å². The lowest BCUT2D eigenvalue weighted by molar-refractivity contribution is 0.0667. The van der Waals surface area contributed by atoms with E-state index in [2.05, 4.69) is 4.98 Å². The van der Waals surface area contributed by atoms with Gasteiger partial charge in [-0.05, 0) is 6.07 Å². The summed E-state index contributed by atoms with van der Waals surface area (Å²) < 4.78 is 28.2. The molecule has 0 fully saturated rings. The van der Waals surface area contributed by atoms with Crippen molar-refractivity contribution in [3.63, 3.8) is 0 Å². The number of aromatic nitrogens is 3. The largest absolute Gasteiger partial charge is 0.339 e. The van der Waals surface area contributed by atoms with Gasteiger partial charge >= 0.3 is 6.55 Å². The van der Waals surface area contributed by atoms with Gasteiger partial charge in [-0.2, -0.15) is 8.78 Å². The second-order valence-electron chi connectivity index (χ2n) is 4.38. The number of alkyl halides is 2. The van der Waals surface area contributed by atoms with Gasteiger partial charge in [-0.25, -0.2) is 4.98 Å². The predicted molar refractivity (Wildman–Crippen MR) is 69.9 cm³/mol. The van der Waals surface area contributed by atoms with E-state index >= 15 is 0 Å². The van der Waals surface area contributed by atoms with E-state index in [1.165, 1.54) is 12.4 Å². The maximum absolute atomic E-state index is 12.8. The van der Waals surface area contributed by atoms with Crippen molar-refractivity contribution in [3.8, 4) is 0 Å². The molecule has 3 aromatic rings. The van der Waals surface area contributed by atoms with Crippen molar-refractivity contribution in [3.05, 3.63) is 54.2 Å². The molecule has 0 unspecified atom stereocenters. The van der Waals surface area contributed by atoms with Gasteiger partial charge in [-0.1, -0.05) is 18.2 Å². The van der Waals surface area contributed by atoms with Crippen molar-refractivity contribution >= 4 is 17.2 Å². The third-order valence-electron chi connectivity index (χ3n) is 3.22. The van der Waals surface area contributed by atoms with E-state index in [1.807, 2.05) is 24.3 Å². The molecule has 1 aromatic carbocycles. The topological polar surface area (TPSA) is 39.8 Å². The third kappa shape index (κ3) is 1.99. The molecule has 0 aliphatic rings. The summed E-state index contributed by atoms with van der Waals surface area (Å²) >= 11 is 0. The SMILES string of the molecule is O=Cc1cn(Cc2nccn2C(F)F)c2ccccc12. The summed E-state index contributed by atoms with van der Waals surface area (Å²) in [6, 6.07) is 7.35. The van der Waals surface area contributed by atoms with Crippen LogP contribution in [0.1, 0.15) is 22.7 Å². The maximum atomic E-state index is 12.8. The Morgan fingerprint density at radius 3 is 2.85 bits per heavy atom. The summed E-state index contributed by atoms with van der Waals surface area (Å²) in [6.45, 7) is -2.44. The van der Waals surface area contributed by atoms with Gasteiger partial charge in [0.1, 0.15) is 5.82 Å². The number of carbonyl (C=O) groups is 1. The van der Waals surface area contributed by atoms with Gasteiger partial charge < -0.3 is 4.57 Å². The molecule has 0 spiro atoms. The van der Waals surface area contributed by atoms with Crippen LogP contribution in [0.4, 0.5) is 8.78 Å². The third-order valence-corrected chi connectivity index (χ3v) is 3.22. The minimum Gasteiger partial charge on any atom is -0.339 e. The smallest absolute Gasteiger partial charge is 0.319 e. The molecule has 0 saturated heterocycles. The normalized spacial score (nSPS) is 11.3. The minimum atomic E-state index is -2.63. The molecule has 4 nitrogen and oxygen atoms in total. The van der Waals surface area contributed by atoms with Crippen LogP contribution in [-0.2, 0) is 6.54 Å². The van der Waals surface area contributed by atoms with Crippen LogP contribution >= 0.6 is 0 Å². The number of hydrogen-bond acceptors (Lipinski definition) is 2. The monoisotopic (exact) mass is 275 g/mol. The van der Waals surface area contributed by atoms with E-state index < -0.39 is 6.55 Å². The second kappa shape index (κ2) is 4.88. The Bertz CT molecular complexity index is 761. The van der Waals surface area contributed by atoms with Crippen LogP contribution in [0.15, 0.2) is 42.9 Å². The molecule has 0 N–H and O–H groups in total. The zero-order valence-corrected chi connectivity index (χ0v) is 10.4. The van der Waals surface area contributed by atoms with Crippen molar-refractivity contribution in [1.82, 2.24) is 14.1 Å². The molecule has 0 bridgehead atoms. The first-order valence-electron chi connectivity index (χ1n) is 6.03. The van der Waals surface area contributed by atoms with E-state index in [-0.39, 0.29) is 12.4 Å². The van der Waals surface area contributed by atoms with E-state index in [9.17, 15) is 13.6 Å². The summed E-state index contributed by atoms with van der Waals surface area (Å²) in [4.78, 5) is 15.0. The van der Waals surface area contributed by atoms with Crippen LogP contribution in [0.2, 0.25) is 0 Å². The van der Waals surface area contributed by atoms with E-state index in [0.29, 0.717) is 5.56 Å². The zero-order chi connectivity index (χ0) is 14.1. The fourth-order valence-corrected chi connectivity index (χ4v) is 2.30. The lowest BCUT2D eigenvalue weighted by Gasteiger charge is -2.08. The van der Waals surface area contributed by atoms with Crippen LogP contribution in [-0.4, -0.2) is 20.4 Å². The highest BCUT2D eigenvalue weighted by molar-refractivity contribution is 5.97. The molecule has 0 aliphatic carbocycles. The standard InChI is InChI=1S/C14H11F2N3O/c15-14(16)19-6-5-17-13(19)8-18-7-10(9-20)11-3-1-2-4-12(11)18/h1-7,9,14H,8H2. The van der Waals surface area contributed by atoms with E-state index in [0.717, 1.165) is 21.8 Å². The predicted octanol–water partition coefficient (Wildman–Crippen LogP) is 3.09. The number of fused-ring (bicyclic) bond motifs is 1. The lowest BCUT2D eigenvalue weighted by Crippen LogP contribution is -2.08. The molecule has 0 atom stereocenters. The molecule has 0 radical (unpaired) electrons. The van der Waals surface area contributed by atoms with Gasteiger partial charge in [0.15, 0.2) is 6.29 Å². The number of para-hydroxylation sites is 1. The molecule has 2 heterocycles. The summed E-state index contributed by atoms with van der Waals surface area (Å²) in [7, 11) is 0. The van der Waals surface area contributed by atoms with Crippen LogP contribution in [0.3, 0.4) is 0 Å². The summed E-state index contributed by atoms with van der Waals surface area (Å²) in [5.41, 5.74) is 1.36. The Labute approximate surface area is 113 Å². The van der Waals surface area contributed by atoms with Crippen LogP contribution in [0, 0.1) is 0 Å². The number of imidazole rings is 1.